The molecule has 0 radical (unpaired) electrons. The molecule has 3 rings (SSSR count). The average Bonchev–Trinajstić information content (AvgIpc) is 3.22. The summed E-state index contributed by atoms with van der Waals surface area (Å²) in [5, 5.41) is 14.9. The van der Waals surface area contributed by atoms with Crippen molar-refractivity contribution < 1.29 is 4.79 Å². The van der Waals surface area contributed by atoms with Gasteiger partial charge in [-0.1, -0.05) is 0 Å². The van der Waals surface area contributed by atoms with E-state index in [1.165, 1.54) is 12.7 Å². The summed E-state index contributed by atoms with van der Waals surface area (Å²) in [6.45, 7) is 6.48. The molecule has 0 saturated heterocycles. The van der Waals surface area contributed by atoms with Gasteiger partial charge in [-0.15, -0.1) is 10.2 Å². The highest BCUT2D eigenvalue weighted by molar-refractivity contribution is 5.94. The molecule has 3 heterocycles. The van der Waals surface area contributed by atoms with Crippen LogP contribution in [0.2, 0.25) is 0 Å². The van der Waals surface area contributed by atoms with E-state index in [2.05, 4.69) is 25.6 Å². The minimum absolute atomic E-state index is 0.0711. The molecule has 1 atom stereocenters. The maximum absolute atomic E-state index is 12.4. The van der Waals surface area contributed by atoms with E-state index in [0.717, 1.165) is 11.4 Å². The van der Waals surface area contributed by atoms with Crippen molar-refractivity contribution in [3.63, 3.8) is 0 Å². The lowest BCUT2D eigenvalue weighted by atomic mass is 10.2. The Hall–Kier alpha value is -3.03. The van der Waals surface area contributed by atoms with E-state index in [-0.39, 0.29) is 11.9 Å². The van der Waals surface area contributed by atoms with Gasteiger partial charge in [0.1, 0.15) is 18.5 Å². The average molecular weight is 325 g/mol. The number of aromatic nitrogens is 6. The highest BCUT2D eigenvalue weighted by Crippen LogP contribution is 2.11. The molecule has 0 bridgehead atoms. The highest BCUT2D eigenvalue weighted by atomic mass is 16.1. The number of hydrogen-bond donors (Lipinski definition) is 1. The number of carbonyl (C=O) groups excluding carboxylic acids is 1. The molecule has 8 nitrogen and oxygen atoms in total. The maximum atomic E-state index is 12.4. The fraction of sp³-hybridized carbons (Fsp3) is 0.312. The summed E-state index contributed by atoms with van der Waals surface area (Å²) in [4.78, 5) is 16.6. The van der Waals surface area contributed by atoms with Crippen LogP contribution in [0, 0.1) is 13.8 Å². The SMILES string of the molecule is Cc1cc(C)n([C@H](C)CNC(=O)c2ccnc(-n3cnnc3)c2)n1. The Morgan fingerprint density at radius 3 is 2.67 bits per heavy atom. The number of nitrogens with zero attached hydrogens (tertiary/aromatic N) is 6. The summed E-state index contributed by atoms with van der Waals surface area (Å²) in [6.07, 6.45) is 4.67. The third-order valence-electron chi connectivity index (χ3n) is 3.71. The minimum Gasteiger partial charge on any atom is -0.350 e. The van der Waals surface area contributed by atoms with Gasteiger partial charge in [0.05, 0.1) is 11.7 Å². The van der Waals surface area contributed by atoms with Crippen molar-refractivity contribution >= 4 is 5.91 Å². The van der Waals surface area contributed by atoms with Gasteiger partial charge in [-0.05, 0) is 39.0 Å². The smallest absolute Gasteiger partial charge is 0.251 e. The fourth-order valence-electron chi connectivity index (χ4n) is 2.54. The molecule has 0 unspecified atom stereocenters. The van der Waals surface area contributed by atoms with Crippen LogP contribution < -0.4 is 5.32 Å². The number of rotatable bonds is 5. The van der Waals surface area contributed by atoms with Crippen LogP contribution in [0.4, 0.5) is 0 Å². The molecule has 0 aromatic carbocycles. The van der Waals surface area contributed by atoms with E-state index in [1.807, 2.05) is 31.5 Å². The number of aryl methyl sites for hydroxylation is 2. The van der Waals surface area contributed by atoms with Crippen molar-refractivity contribution in [2.75, 3.05) is 6.54 Å². The first-order valence-electron chi connectivity index (χ1n) is 7.66. The van der Waals surface area contributed by atoms with E-state index >= 15 is 0 Å². The quantitative estimate of drug-likeness (QED) is 0.767. The summed E-state index contributed by atoms with van der Waals surface area (Å²) < 4.78 is 3.57. The molecule has 1 N–H and O–H groups in total. The predicted octanol–water partition coefficient (Wildman–Crippen LogP) is 1.47. The van der Waals surface area contributed by atoms with Gasteiger partial charge >= 0.3 is 0 Å². The summed E-state index contributed by atoms with van der Waals surface area (Å²) in [5.74, 6) is 0.444. The lowest BCUT2D eigenvalue weighted by molar-refractivity contribution is 0.0947. The molecule has 124 valence electrons. The summed E-state index contributed by atoms with van der Waals surface area (Å²) in [7, 11) is 0. The summed E-state index contributed by atoms with van der Waals surface area (Å²) >= 11 is 0. The zero-order chi connectivity index (χ0) is 17.1. The molecule has 1 amide bonds. The summed E-state index contributed by atoms with van der Waals surface area (Å²) in [5.41, 5.74) is 2.58. The van der Waals surface area contributed by atoms with Crippen LogP contribution in [0.3, 0.4) is 0 Å². The van der Waals surface area contributed by atoms with Gasteiger partial charge in [0, 0.05) is 24.0 Å². The highest BCUT2D eigenvalue weighted by Gasteiger charge is 2.13. The Labute approximate surface area is 139 Å². The van der Waals surface area contributed by atoms with Gasteiger partial charge in [0.2, 0.25) is 0 Å². The number of pyridine rings is 1. The molecular weight excluding hydrogens is 306 g/mol. The molecule has 8 heteroatoms. The first kappa shape index (κ1) is 15.9. The van der Waals surface area contributed by atoms with Gasteiger partial charge in [0.25, 0.3) is 5.91 Å². The second-order valence-electron chi connectivity index (χ2n) is 5.70. The van der Waals surface area contributed by atoms with E-state index in [9.17, 15) is 4.79 Å². The number of amides is 1. The molecule has 3 aromatic heterocycles. The van der Waals surface area contributed by atoms with Gasteiger partial charge in [-0.25, -0.2) is 4.98 Å². The lowest BCUT2D eigenvalue weighted by Gasteiger charge is -2.15. The number of nitrogens with one attached hydrogen (secondary N) is 1. The molecule has 0 saturated carbocycles. The minimum atomic E-state index is -0.153. The monoisotopic (exact) mass is 325 g/mol. The Morgan fingerprint density at radius 2 is 2.00 bits per heavy atom. The molecular formula is C16H19N7O. The standard InChI is InChI=1S/C16H19N7O/c1-11-6-12(2)23(21-11)13(3)8-18-16(24)14-4-5-17-15(7-14)22-9-19-20-10-22/h4-7,9-10,13H,8H2,1-3H3,(H,18,24)/t13-/m1/s1. The number of carbonyl (C=O) groups is 1. The topological polar surface area (TPSA) is 90.5 Å². The van der Waals surface area contributed by atoms with Crippen molar-refractivity contribution in [3.05, 3.63) is 54.0 Å². The molecule has 24 heavy (non-hydrogen) atoms. The second kappa shape index (κ2) is 6.61. The van der Waals surface area contributed by atoms with Crippen molar-refractivity contribution in [2.24, 2.45) is 0 Å². The van der Waals surface area contributed by atoms with Gasteiger partial charge in [-0.3, -0.25) is 14.0 Å². The normalized spacial score (nSPS) is 12.1. The van der Waals surface area contributed by atoms with E-state index in [1.54, 1.807) is 22.9 Å². The molecule has 0 aliphatic heterocycles. The van der Waals surface area contributed by atoms with Crippen LogP contribution in [-0.4, -0.2) is 42.0 Å². The Kier molecular flexibility index (Phi) is 4.37. The molecule has 3 aromatic rings. The van der Waals surface area contributed by atoms with E-state index in [0.29, 0.717) is 17.9 Å². The lowest BCUT2D eigenvalue weighted by Crippen LogP contribution is -2.30. The van der Waals surface area contributed by atoms with E-state index in [4.69, 9.17) is 0 Å². The third-order valence-corrected chi connectivity index (χ3v) is 3.71. The molecule has 0 aliphatic rings. The van der Waals surface area contributed by atoms with Crippen LogP contribution in [0.15, 0.2) is 37.1 Å². The number of hydrogen-bond acceptors (Lipinski definition) is 5. The zero-order valence-corrected chi connectivity index (χ0v) is 13.8. The second-order valence-corrected chi connectivity index (χ2v) is 5.70. The van der Waals surface area contributed by atoms with Crippen LogP contribution in [0.25, 0.3) is 5.82 Å². The zero-order valence-electron chi connectivity index (χ0n) is 13.8. The Balaban J connectivity index is 1.67. The van der Waals surface area contributed by atoms with Crippen molar-refractivity contribution in [2.45, 2.75) is 26.8 Å². The predicted molar refractivity (Wildman–Crippen MR) is 87.9 cm³/mol. The first-order chi connectivity index (χ1) is 11.5. The largest absolute Gasteiger partial charge is 0.350 e. The van der Waals surface area contributed by atoms with Crippen LogP contribution in [0.1, 0.15) is 34.7 Å². The molecule has 0 aliphatic carbocycles. The van der Waals surface area contributed by atoms with Gasteiger partial charge in [0.15, 0.2) is 0 Å². The van der Waals surface area contributed by atoms with Crippen LogP contribution in [0.5, 0.6) is 0 Å². The maximum Gasteiger partial charge on any atom is 0.251 e. The van der Waals surface area contributed by atoms with Crippen LogP contribution >= 0.6 is 0 Å². The molecule has 0 fully saturated rings. The van der Waals surface area contributed by atoms with Gasteiger partial charge < -0.3 is 5.32 Å². The third kappa shape index (κ3) is 3.32. The van der Waals surface area contributed by atoms with Gasteiger partial charge in [-0.2, -0.15) is 5.10 Å². The summed E-state index contributed by atoms with van der Waals surface area (Å²) in [6, 6.07) is 5.47. The van der Waals surface area contributed by atoms with Crippen molar-refractivity contribution in [1.29, 1.82) is 0 Å². The van der Waals surface area contributed by atoms with E-state index < -0.39 is 0 Å². The van der Waals surface area contributed by atoms with Crippen molar-refractivity contribution in [3.8, 4) is 5.82 Å². The fourth-order valence-corrected chi connectivity index (χ4v) is 2.54. The Morgan fingerprint density at radius 1 is 1.25 bits per heavy atom. The molecule has 0 spiro atoms. The first-order valence-corrected chi connectivity index (χ1v) is 7.66. The van der Waals surface area contributed by atoms with Crippen molar-refractivity contribution in [1.82, 2.24) is 34.8 Å². The van der Waals surface area contributed by atoms with Crippen LogP contribution in [-0.2, 0) is 0 Å². The Bertz CT molecular complexity index is 838.